The minimum Gasteiger partial charge on any atom is -0.469 e. The van der Waals surface area contributed by atoms with E-state index >= 15 is 0 Å². The van der Waals surface area contributed by atoms with Gasteiger partial charge in [-0.25, -0.2) is 0 Å². The Kier molecular flexibility index (Phi) is 7.45. The van der Waals surface area contributed by atoms with E-state index < -0.39 is 0 Å². The summed E-state index contributed by atoms with van der Waals surface area (Å²) in [5.41, 5.74) is 1.41. The molecule has 0 atom stereocenters. The first-order valence-electron chi connectivity index (χ1n) is 10.4. The van der Waals surface area contributed by atoms with Crippen LogP contribution >= 0.6 is 0 Å². The van der Waals surface area contributed by atoms with Crippen molar-refractivity contribution in [1.82, 2.24) is 10.2 Å². The summed E-state index contributed by atoms with van der Waals surface area (Å²) >= 11 is 0. The van der Waals surface area contributed by atoms with E-state index in [-0.39, 0.29) is 23.5 Å². The minimum atomic E-state index is -0.261. The SMILES string of the molecule is COC(=O)CCCC(=O)NC1CCC(c2ccccc2)(N2CCOCC2)CC1. The molecule has 6 nitrogen and oxygen atoms in total. The molecule has 0 radical (unpaired) electrons. The van der Waals surface area contributed by atoms with E-state index in [2.05, 4.69) is 45.3 Å². The molecule has 0 spiro atoms. The summed E-state index contributed by atoms with van der Waals surface area (Å²) in [6.45, 7) is 3.49. The van der Waals surface area contributed by atoms with Gasteiger partial charge in [-0.2, -0.15) is 0 Å². The van der Waals surface area contributed by atoms with Crippen molar-refractivity contribution in [1.29, 1.82) is 0 Å². The maximum atomic E-state index is 12.2. The first-order valence-corrected chi connectivity index (χ1v) is 10.4. The highest BCUT2D eigenvalue weighted by molar-refractivity contribution is 5.77. The van der Waals surface area contributed by atoms with Gasteiger partial charge in [0, 0.05) is 37.5 Å². The van der Waals surface area contributed by atoms with Crippen LogP contribution in [0.5, 0.6) is 0 Å². The van der Waals surface area contributed by atoms with Crippen molar-refractivity contribution < 1.29 is 19.1 Å². The topological polar surface area (TPSA) is 67.9 Å². The molecule has 1 heterocycles. The van der Waals surface area contributed by atoms with Crippen LogP contribution in [0.2, 0.25) is 0 Å². The Labute approximate surface area is 167 Å². The number of carbonyl (C=O) groups excluding carboxylic acids is 2. The van der Waals surface area contributed by atoms with Crippen molar-refractivity contribution in [2.45, 2.75) is 56.5 Å². The fourth-order valence-electron chi connectivity index (χ4n) is 4.56. The molecule has 1 saturated heterocycles. The molecule has 28 heavy (non-hydrogen) atoms. The molecule has 0 bridgehead atoms. The molecule has 1 aromatic carbocycles. The maximum Gasteiger partial charge on any atom is 0.305 e. The highest BCUT2D eigenvalue weighted by Gasteiger charge is 2.42. The number of benzene rings is 1. The lowest BCUT2D eigenvalue weighted by molar-refractivity contribution is -0.140. The van der Waals surface area contributed by atoms with Gasteiger partial charge < -0.3 is 14.8 Å². The number of ether oxygens (including phenoxy) is 2. The highest BCUT2D eigenvalue weighted by atomic mass is 16.5. The van der Waals surface area contributed by atoms with Crippen LogP contribution in [-0.2, 0) is 24.6 Å². The minimum absolute atomic E-state index is 0.0347. The zero-order valence-electron chi connectivity index (χ0n) is 16.8. The van der Waals surface area contributed by atoms with Gasteiger partial charge >= 0.3 is 5.97 Å². The normalized spacial score (nSPS) is 25.8. The van der Waals surface area contributed by atoms with Gasteiger partial charge in [-0.3, -0.25) is 14.5 Å². The monoisotopic (exact) mass is 388 g/mol. The summed E-state index contributed by atoms with van der Waals surface area (Å²) in [6, 6.07) is 11.0. The van der Waals surface area contributed by atoms with Gasteiger partial charge in [0.15, 0.2) is 0 Å². The van der Waals surface area contributed by atoms with Gasteiger partial charge in [-0.05, 0) is 37.7 Å². The van der Waals surface area contributed by atoms with Crippen LogP contribution in [0.3, 0.4) is 0 Å². The van der Waals surface area contributed by atoms with Gasteiger partial charge in [0.25, 0.3) is 0 Å². The van der Waals surface area contributed by atoms with Crippen molar-refractivity contribution in [2.75, 3.05) is 33.4 Å². The van der Waals surface area contributed by atoms with Gasteiger partial charge in [0.1, 0.15) is 0 Å². The number of nitrogens with one attached hydrogen (secondary N) is 1. The summed E-state index contributed by atoms with van der Waals surface area (Å²) in [5.74, 6) is -0.226. The number of amides is 1. The second-order valence-corrected chi connectivity index (χ2v) is 7.77. The van der Waals surface area contributed by atoms with Gasteiger partial charge in [0.2, 0.25) is 5.91 Å². The molecule has 1 saturated carbocycles. The molecule has 2 aliphatic rings. The van der Waals surface area contributed by atoms with Crippen LogP contribution in [0.25, 0.3) is 0 Å². The van der Waals surface area contributed by atoms with Crippen molar-refractivity contribution in [3.63, 3.8) is 0 Å². The van der Waals surface area contributed by atoms with Crippen LogP contribution < -0.4 is 5.32 Å². The number of hydrogen-bond acceptors (Lipinski definition) is 5. The third kappa shape index (κ3) is 5.11. The number of morpholine rings is 1. The maximum absolute atomic E-state index is 12.2. The lowest BCUT2D eigenvalue weighted by Crippen LogP contribution is -2.54. The molecule has 1 aliphatic heterocycles. The van der Waals surface area contributed by atoms with Crippen molar-refractivity contribution in [3.05, 3.63) is 35.9 Å². The summed E-state index contributed by atoms with van der Waals surface area (Å²) in [6.07, 6.45) is 5.20. The quantitative estimate of drug-likeness (QED) is 0.728. The third-order valence-corrected chi connectivity index (χ3v) is 6.12. The second-order valence-electron chi connectivity index (χ2n) is 7.77. The molecule has 154 valence electrons. The Morgan fingerprint density at radius 2 is 1.82 bits per heavy atom. The average Bonchev–Trinajstić information content (AvgIpc) is 2.75. The molecule has 0 aromatic heterocycles. The standard InChI is InChI=1S/C22H32N2O4/c1-27-21(26)9-5-8-20(25)23-19-10-12-22(13-11-19,18-6-3-2-4-7-18)24-14-16-28-17-15-24/h2-4,6-7,19H,5,8-17H2,1H3,(H,23,25). The van der Waals surface area contributed by atoms with Gasteiger partial charge in [-0.1, -0.05) is 30.3 Å². The average molecular weight is 389 g/mol. The third-order valence-electron chi connectivity index (χ3n) is 6.12. The lowest BCUT2D eigenvalue weighted by Gasteiger charge is -2.50. The van der Waals surface area contributed by atoms with Crippen LogP contribution in [0, 0.1) is 0 Å². The number of nitrogens with zero attached hydrogens (tertiary/aromatic N) is 1. The molecule has 1 aliphatic carbocycles. The number of rotatable bonds is 7. The molecular weight excluding hydrogens is 356 g/mol. The highest BCUT2D eigenvalue weighted by Crippen LogP contribution is 2.42. The first kappa shape index (κ1) is 20.8. The van der Waals surface area contributed by atoms with Gasteiger partial charge in [-0.15, -0.1) is 0 Å². The number of carbonyl (C=O) groups is 2. The molecule has 1 amide bonds. The van der Waals surface area contributed by atoms with Crippen LogP contribution in [0.15, 0.2) is 30.3 Å². The van der Waals surface area contributed by atoms with E-state index in [0.29, 0.717) is 19.3 Å². The summed E-state index contributed by atoms with van der Waals surface area (Å²) in [4.78, 5) is 26.0. The van der Waals surface area contributed by atoms with Crippen molar-refractivity contribution in [3.8, 4) is 0 Å². The second kappa shape index (κ2) is 10.0. The van der Waals surface area contributed by atoms with E-state index in [9.17, 15) is 9.59 Å². The summed E-state index contributed by atoms with van der Waals surface area (Å²) in [5, 5.41) is 3.17. The predicted molar refractivity (Wildman–Crippen MR) is 107 cm³/mol. The largest absolute Gasteiger partial charge is 0.469 e. The van der Waals surface area contributed by atoms with Crippen LogP contribution in [0.1, 0.15) is 50.5 Å². The smallest absolute Gasteiger partial charge is 0.305 e. The first-order chi connectivity index (χ1) is 13.6. The van der Waals surface area contributed by atoms with E-state index in [1.54, 1.807) is 0 Å². The zero-order valence-corrected chi connectivity index (χ0v) is 16.8. The number of esters is 1. The lowest BCUT2D eigenvalue weighted by atomic mass is 9.73. The van der Waals surface area contributed by atoms with E-state index in [1.807, 2.05) is 0 Å². The van der Waals surface area contributed by atoms with Crippen molar-refractivity contribution >= 4 is 11.9 Å². The van der Waals surface area contributed by atoms with E-state index in [4.69, 9.17) is 4.74 Å². The van der Waals surface area contributed by atoms with E-state index in [0.717, 1.165) is 52.0 Å². The summed E-state index contributed by atoms with van der Waals surface area (Å²) < 4.78 is 10.2. The van der Waals surface area contributed by atoms with Crippen molar-refractivity contribution in [2.24, 2.45) is 0 Å². The number of hydrogen-bond donors (Lipinski definition) is 1. The Morgan fingerprint density at radius 3 is 2.46 bits per heavy atom. The molecule has 1 aromatic rings. The molecule has 6 heteroatoms. The fourth-order valence-corrected chi connectivity index (χ4v) is 4.56. The Morgan fingerprint density at radius 1 is 1.14 bits per heavy atom. The summed E-state index contributed by atoms with van der Waals surface area (Å²) in [7, 11) is 1.37. The molecule has 1 N–H and O–H groups in total. The fraction of sp³-hybridized carbons (Fsp3) is 0.636. The molecule has 0 unspecified atom stereocenters. The number of methoxy groups -OCH3 is 1. The van der Waals surface area contributed by atoms with Crippen LogP contribution in [0.4, 0.5) is 0 Å². The molecule has 2 fully saturated rings. The Balaban J connectivity index is 1.57. The van der Waals surface area contributed by atoms with E-state index in [1.165, 1.54) is 12.7 Å². The molecular formula is C22H32N2O4. The molecule has 3 rings (SSSR count). The zero-order chi connectivity index (χ0) is 19.8. The predicted octanol–water partition coefficient (Wildman–Crippen LogP) is 2.62. The Bertz CT molecular complexity index is 635. The Hall–Kier alpha value is -1.92. The van der Waals surface area contributed by atoms with Crippen LogP contribution in [-0.4, -0.2) is 56.2 Å². The van der Waals surface area contributed by atoms with Gasteiger partial charge in [0.05, 0.1) is 20.3 Å².